The molecule has 0 aliphatic carbocycles. The quantitative estimate of drug-likeness (QED) is 0.722. The van der Waals surface area contributed by atoms with Gasteiger partial charge in [-0.1, -0.05) is 34.1 Å². The number of hydrogen-bond donors (Lipinski definition) is 0. The van der Waals surface area contributed by atoms with Crippen LogP contribution in [-0.4, -0.2) is 24.6 Å². The number of halogens is 3. The Labute approximate surface area is 122 Å². The summed E-state index contributed by atoms with van der Waals surface area (Å²) in [6.07, 6.45) is -1.85. The van der Waals surface area contributed by atoms with E-state index in [0.717, 1.165) is 20.7 Å². The molecule has 0 saturated heterocycles. The van der Waals surface area contributed by atoms with Crippen molar-refractivity contribution in [2.75, 3.05) is 13.2 Å². The molecule has 0 aliphatic heterocycles. The SMILES string of the molecule is FC(F)COCCc1nc(-c2ccccc2Br)cs1. The van der Waals surface area contributed by atoms with Gasteiger partial charge in [-0.25, -0.2) is 13.8 Å². The van der Waals surface area contributed by atoms with E-state index in [-0.39, 0.29) is 6.61 Å². The van der Waals surface area contributed by atoms with E-state index in [4.69, 9.17) is 4.74 Å². The summed E-state index contributed by atoms with van der Waals surface area (Å²) in [5.41, 5.74) is 1.92. The molecule has 1 aromatic carbocycles. The third kappa shape index (κ3) is 4.33. The Morgan fingerprint density at radius 3 is 2.84 bits per heavy atom. The summed E-state index contributed by atoms with van der Waals surface area (Å²) < 4.78 is 29.6. The maximum atomic E-state index is 11.9. The molecule has 6 heteroatoms. The standard InChI is InChI=1S/C13H12BrF2NOS/c14-10-4-2-1-3-9(10)11-8-19-13(17-11)5-6-18-7-12(15)16/h1-4,8,12H,5-7H2. The van der Waals surface area contributed by atoms with Crippen molar-refractivity contribution in [1.29, 1.82) is 0 Å². The first kappa shape index (κ1) is 14.6. The van der Waals surface area contributed by atoms with Gasteiger partial charge in [0.1, 0.15) is 6.61 Å². The summed E-state index contributed by atoms with van der Waals surface area (Å²) in [7, 11) is 0. The molecule has 1 heterocycles. The topological polar surface area (TPSA) is 22.1 Å². The molecule has 0 aliphatic rings. The van der Waals surface area contributed by atoms with Crippen molar-refractivity contribution in [3.05, 3.63) is 39.1 Å². The maximum absolute atomic E-state index is 11.9. The van der Waals surface area contributed by atoms with Crippen molar-refractivity contribution in [3.8, 4) is 11.3 Å². The molecule has 19 heavy (non-hydrogen) atoms. The highest BCUT2D eigenvalue weighted by Crippen LogP contribution is 2.28. The van der Waals surface area contributed by atoms with Crippen molar-refractivity contribution in [1.82, 2.24) is 4.98 Å². The van der Waals surface area contributed by atoms with E-state index in [1.807, 2.05) is 29.6 Å². The lowest BCUT2D eigenvalue weighted by Gasteiger charge is -2.01. The van der Waals surface area contributed by atoms with E-state index in [0.29, 0.717) is 6.42 Å². The Balaban J connectivity index is 1.94. The van der Waals surface area contributed by atoms with Crippen LogP contribution in [0.1, 0.15) is 5.01 Å². The first-order valence-electron chi connectivity index (χ1n) is 5.72. The smallest absolute Gasteiger partial charge is 0.261 e. The fraction of sp³-hybridized carbons (Fsp3) is 0.308. The molecule has 0 bridgehead atoms. The highest BCUT2D eigenvalue weighted by molar-refractivity contribution is 9.10. The van der Waals surface area contributed by atoms with Crippen molar-refractivity contribution in [3.63, 3.8) is 0 Å². The molecule has 0 radical (unpaired) electrons. The number of benzene rings is 1. The van der Waals surface area contributed by atoms with E-state index < -0.39 is 13.0 Å². The third-order valence-corrected chi connectivity index (χ3v) is 4.01. The van der Waals surface area contributed by atoms with Gasteiger partial charge in [-0.05, 0) is 6.07 Å². The molecule has 0 atom stereocenters. The summed E-state index contributed by atoms with van der Waals surface area (Å²) >= 11 is 4.99. The molecule has 2 rings (SSSR count). The van der Waals surface area contributed by atoms with Crippen molar-refractivity contribution in [2.45, 2.75) is 12.8 Å². The minimum Gasteiger partial charge on any atom is -0.375 e. The summed E-state index contributed by atoms with van der Waals surface area (Å²) in [6, 6.07) is 7.83. The summed E-state index contributed by atoms with van der Waals surface area (Å²) in [5, 5.41) is 2.85. The lowest BCUT2D eigenvalue weighted by Crippen LogP contribution is -2.06. The van der Waals surface area contributed by atoms with E-state index >= 15 is 0 Å². The average molecular weight is 348 g/mol. The van der Waals surface area contributed by atoms with Gasteiger partial charge in [0.2, 0.25) is 0 Å². The van der Waals surface area contributed by atoms with Crippen LogP contribution in [0.2, 0.25) is 0 Å². The molecule has 0 amide bonds. The van der Waals surface area contributed by atoms with Gasteiger partial charge in [-0.2, -0.15) is 0 Å². The fourth-order valence-electron chi connectivity index (χ4n) is 1.55. The third-order valence-electron chi connectivity index (χ3n) is 2.41. The zero-order valence-electron chi connectivity index (χ0n) is 9.98. The molecule has 102 valence electrons. The predicted octanol–water partition coefficient (Wildman–Crippen LogP) is 4.40. The van der Waals surface area contributed by atoms with Crippen LogP contribution in [-0.2, 0) is 11.2 Å². The molecule has 1 aromatic heterocycles. The summed E-state index contributed by atoms with van der Waals surface area (Å²) in [4.78, 5) is 4.48. The second kappa shape index (κ2) is 7.07. The van der Waals surface area contributed by atoms with Crippen LogP contribution in [0.4, 0.5) is 8.78 Å². The van der Waals surface area contributed by atoms with Crippen molar-refractivity contribution >= 4 is 27.3 Å². The first-order chi connectivity index (χ1) is 9.16. The zero-order valence-corrected chi connectivity index (χ0v) is 12.4. The number of aromatic nitrogens is 1. The minimum absolute atomic E-state index is 0.271. The van der Waals surface area contributed by atoms with Crippen LogP contribution < -0.4 is 0 Å². The fourth-order valence-corrected chi connectivity index (χ4v) is 2.82. The van der Waals surface area contributed by atoms with Gasteiger partial charge in [0.15, 0.2) is 0 Å². The van der Waals surface area contributed by atoms with Gasteiger partial charge in [0, 0.05) is 21.8 Å². The number of alkyl halides is 2. The summed E-state index contributed by atoms with van der Waals surface area (Å²) in [6.45, 7) is -0.240. The van der Waals surface area contributed by atoms with Crippen LogP contribution in [0.15, 0.2) is 34.1 Å². The number of rotatable bonds is 6. The van der Waals surface area contributed by atoms with Crippen LogP contribution in [0.25, 0.3) is 11.3 Å². The Morgan fingerprint density at radius 2 is 2.11 bits per heavy atom. The van der Waals surface area contributed by atoms with E-state index in [9.17, 15) is 8.78 Å². The molecule has 2 nitrogen and oxygen atoms in total. The van der Waals surface area contributed by atoms with E-state index in [1.165, 1.54) is 11.3 Å². The van der Waals surface area contributed by atoms with E-state index in [2.05, 4.69) is 20.9 Å². The largest absolute Gasteiger partial charge is 0.375 e. The van der Waals surface area contributed by atoms with Crippen LogP contribution >= 0.6 is 27.3 Å². The predicted molar refractivity (Wildman–Crippen MR) is 75.8 cm³/mol. The molecule has 0 unspecified atom stereocenters. The van der Waals surface area contributed by atoms with Gasteiger partial charge in [-0.15, -0.1) is 11.3 Å². The Hall–Kier alpha value is -0.850. The average Bonchev–Trinajstić information content (AvgIpc) is 2.83. The second-order valence-electron chi connectivity index (χ2n) is 3.82. The van der Waals surface area contributed by atoms with Gasteiger partial charge in [-0.3, -0.25) is 0 Å². The van der Waals surface area contributed by atoms with Crippen LogP contribution in [0.3, 0.4) is 0 Å². The molecule has 2 aromatic rings. The Morgan fingerprint density at radius 1 is 1.32 bits per heavy atom. The van der Waals surface area contributed by atoms with Crippen molar-refractivity contribution < 1.29 is 13.5 Å². The summed E-state index contributed by atoms with van der Waals surface area (Å²) in [5.74, 6) is 0. The molecule has 0 spiro atoms. The lowest BCUT2D eigenvalue weighted by atomic mass is 10.2. The van der Waals surface area contributed by atoms with Gasteiger partial charge >= 0.3 is 0 Å². The zero-order chi connectivity index (χ0) is 13.7. The Bertz CT molecular complexity index is 533. The molecule has 0 saturated carbocycles. The number of hydrogen-bond acceptors (Lipinski definition) is 3. The number of nitrogens with zero attached hydrogens (tertiary/aromatic N) is 1. The van der Waals surface area contributed by atoms with Crippen LogP contribution in [0, 0.1) is 0 Å². The number of ether oxygens (including phenoxy) is 1. The molecule has 0 N–H and O–H groups in total. The van der Waals surface area contributed by atoms with Gasteiger partial charge in [0.05, 0.1) is 17.3 Å². The number of thiazole rings is 1. The second-order valence-corrected chi connectivity index (χ2v) is 5.62. The van der Waals surface area contributed by atoms with E-state index in [1.54, 1.807) is 0 Å². The maximum Gasteiger partial charge on any atom is 0.261 e. The molecular weight excluding hydrogens is 336 g/mol. The normalized spacial score (nSPS) is 11.2. The Kier molecular flexibility index (Phi) is 5.42. The minimum atomic E-state index is -2.41. The molecule has 0 fully saturated rings. The molecular formula is C13H12BrF2NOS. The van der Waals surface area contributed by atoms with Gasteiger partial charge < -0.3 is 4.74 Å². The highest BCUT2D eigenvalue weighted by atomic mass is 79.9. The van der Waals surface area contributed by atoms with Gasteiger partial charge in [0.25, 0.3) is 6.43 Å². The monoisotopic (exact) mass is 347 g/mol. The lowest BCUT2D eigenvalue weighted by molar-refractivity contribution is 0.0187. The highest BCUT2D eigenvalue weighted by Gasteiger charge is 2.08. The van der Waals surface area contributed by atoms with Crippen LogP contribution in [0.5, 0.6) is 0 Å². The first-order valence-corrected chi connectivity index (χ1v) is 7.39. The van der Waals surface area contributed by atoms with Crippen molar-refractivity contribution in [2.24, 2.45) is 0 Å².